The Kier molecular flexibility index (Phi) is 6.85. The molecule has 1 fully saturated rings. The molecule has 1 rings (SSSR count). The van der Waals surface area contributed by atoms with Crippen molar-refractivity contribution in [2.24, 2.45) is 11.7 Å². The highest BCUT2D eigenvalue weighted by Gasteiger charge is 2.33. The van der Waals surface area contributed by atoms with E-state index in [-0.39, 0.29) is 25.6 Å². The molecule has 1 aliphatic heterocycles. The Labute approximate surface area is 124 Å². The first-order valence-electron chi connectivity index (χ1n) is 6.83. The van der Waals surface area contributed by atoms with Crippen LogP contribution in [0.2, 0.25) is 0 Å². The molecule has 1 atom stereocenters. The Bertz CT molecular complexity index is 467. The summed E-state index contributed by atoms with van der Waals surface area (Å²) in [6.45, 7) is 2.62. The van der Waals surface area contributed by atoms with Crippen LogP contribution in [-0.4, -0.2) is 57.5 Å². The molecule has 0 aliphatic carbocycles. The van der Waals surface area contributed by atoms with Crippen molar-refractivity contribution in [3.63, 3.8) is 0 Å². The van der Waals surface area contributed by atoms with Crippen LogP contribution in [0.15, 0.2) is 0 Å². The van der Waals surface area contributed by atoms with E-state index in [2.05, 4.69) is 10.1 Å². The van der Waals surface area contributed by atoms with Gasteiger partial charge in [-0.1, -0.05) is 0 Å². The zero-order valence-corrected chi connectivity index (χ0v) is 12.8. The molecule has 2 amide bonds. The van der Waals surface area contributed by atoms with Crippen molar-refractivity contribution in [1.29, 1.82) is 0 Å². The zero-order chi connectivity index (χ0) is 15.9. The molecule has 4 N–H and O–H groups in total. The molecule has 0 aromatic rings. The molecule has 0 aromatic heterocycles. The van der Waals surface area contributed by atoms with Crippen LogP contribution in [0.5, 0.6) is 0 Å². The summed E-state index contributed by atoms with van der Waals surface area (Å²) in [6, 6.07) is 0. The van der Waals surface area contributed by atoms with E-state index in [0.717, 1.165) is 4.31 Å². The first kappa shape index (κ1) is 17.7. The van der Waals surface area contributed by atoms with Crippen molar-refractivity contribution < 1.29 is 22.7 Å². The molecule has 1 saturated heterocycles. The average Bonchev–Trinajstić information content (AvgIpc) is 2.44. The number of nitrogens with zero attached hydrogens (tertiary/aromatic N) is 1. The van der Waals surface area contributed by atoms with E-state index in [9.17, 15) is 18.0 Å². The number of hydrogen-bond acceptors (Lipinski definition) is 6. The minimum Gasteiger partial charge on any atom is -0.449 e. The molecule has 9 nitrogen and oxygen atoms in total. The molecule has 1 heterocycles. The number of nitrogens with one attached hydrogen (secondary N) is 2. The van der Waals surface area contributed by atoms with E-state index < -0.39 is 22.2 Å². The van der Waals surface area contributed by atoms with Gasteiger partial charge >= 0.3 is 16.3 Å². The molecule has 1 aliphatic rings. The number of rotatable bonds is 6. The third kappa shape index (κ3) is 5.48. The Hall–Kier alpha value is -1.39. The lowest BCUT2D eigenvalue weighted by Crippen LogP contribution is -2.50. The maximum atomic E-state index is 12.0. The monoisotopic (exact) mass is 322 g/mol. The predicted molar refractivity (Wildman–Crippen MR) is 75.4 cm³/mol. The fraction of sp³-hybridized carbons (Fsp3) is 0.818. The lowest BCUT2D eigenvalue weighted by molar-refractivity contribution is -0.126. The molecular formula is C11H22N4O5S. The summed E-state index contributed by atoms with van der Waals surface area (Å²) in [6.07, 6.45) is 0.124. The lowest BCUT2D eigenvalue weighted by Gasteiger charge is -2.30. The van der Waals surface area contributed by atoms with E-state index in [0.29, 0.717) is 25.9 Å². The van der Waals surface area contributed by atoms with Gasteiger partial charge in [0.15, 0.2) is 0 Å². The van der Waals surface area contributed by atoms with Crippen LogP contribution in [0, 0.1) is 5.92 Å². The molecule has 0 radical (unpaired) electrons. The number of amides is 2. The predicted octanol–water partition coefficient (Wildman–Crippen LogP) is -1.24. The smallest absolute Gasteiger partial charge is 0.421 e. The van der Waals surface area contributed by atoms with E-state index in [1.54, 1.807) is 6.92 Å². The molecule has 0 bridgehead atoms. The third-order valence-corrected chi connectivity index (χ3v) is 4.46. The molecule has 0 saturated carbocycles. The summed E-state index contributed by atoms with van der Waals surface area (Å²) in [5.41, 5.74) is 5.30. The van der Waals surface area contributed by atoms with Crippen LogP contribution in [0.1, 0.15) is 19.8 Å². The Morgan fingerprint density at radius 3 is 2.76 bits per heavy atom. The van der Waals surface area contributed by atoms with E-state index >= 15 is 0 Å². The minimum atomic E-state index is -3.99. The Morgan fingerprint density at radius 1 is 1.43 bits per heavy atom. The van der Waals surface area contributed by atoms with Crippen molar-refractivity contribution in [2.75, 3.05) is 32.8 Å². The first-order chi connectivity index (χ1) is 9.90. The van der Waals surface area contributed by atoms with E-state index in [4.69, 9.17) is 5.73 Å². The molecule has 122 valence electrons. The molecule has 1 unspecified atom stereocenters. The molecule has 21 heavy (non-hydrogen) atoms. The average molecular weight is 322 g/mol. The summed E-state index contributed by atoms with van der Waals surface area (Å²) < 4.78 is 31.5. The first-order valence-corrected chi connectivity index (χ1v) is 8.27. The van der Waals surface area contributed by atoms with Crippen LogP contribution in [0.25, 0.3) is 0 Å². The van der Waals surface area contributed by atoms with Gasteiger partial charge in [0.05, 0.1) is 12.5 Å². The van der Waals surface area contributed by atoms with Crippen molar-refractivity contribution in [2.45, 2.75) is 19.8 Å². The van der Waals surface area contributed by atoms with Crippen molar-refractivity contribution >= 4 is 22.2 Å². The van der Waals surface area contributed by atoms with Crippen LogP contribution in [0.4, 0.5) is 4.79 Å². The van der Waals surface area contributed by atoms with Crippen LogP contribution in [0.3, 0.4) is 0 Å². The second kappa shape index (κ2) is 8.15. The highest BCUT2D eigenvalue weighted by Crippen LogP contribution is 2.18. The largest absolute Gasteiger partial charge is 0.449 e. The summed E-state index contributed by atoms with van der Waals surface area (Å²) >= 11 is 0. The van der Waals surface area contributed by atoms with Crippen LogP contribution < -0.4 is 15.8 Å². The molecule has 10 heteroatoms. The van der Waals surface area contributed by atoms with E-state index in [1.807, 2.05) is 4.72 Å². The number of hydrogen-bond donors (Lipinski definition) is 3. The summed E-state index contributed by atoms with van der Waals surface area (Å²) in [4.78, 5) is 23.1. The molecule has 0 aromatic carbocycles. The van der Waals surface area contributed by atoms with Crippen molar-refractivity contribution in [1.82, 2.24) is 14.3 Å². The van der Waals surface area contributed by atoms with Gasteiger partial charge in [-0.05, 0) is 19.8 Å². The van der Waals surface area contributed by atoms with Crippen molar-refractivity contribution in [3.8, 4) is 0 Å². The van der Waals surface area contributed by atoms with Gasteiger partial charge in [-0.15, -0.1) is 0 Å². The number of nitrogens with two attached hydrogens (primary N) is 1. The molecule has 0 spiro atoms. The minimum absolute atomic E-state index is 0.0329. The maximum absolute atomic E-state index is 12.0. The molecular weight excluding hydrogens is 300 g/mol. The lowest BCUT2D eigenvalue weighted by atomic mass is 9.99. The highest BCUT2D eigenvalue weighted by atomic mass is 32.2. The Balaban J connectivity index is 2.62. The van der Waals surface area contributed by atoms with Gasteiger partial charge in [-0.25, -0.2) is 9.52 Å². The SMILES string of the molecule is CCOC(=O)NS(=O)(=O)N1CCCC(C(=O)NCCN)C1. The number of ether oxygens (including phenoxy) is 1. The van der Waals surface area contributed by atoms with Crippen molar-refractivity contribution in [3.05, 3.63) is 0 Å². The van der Waals surface area contributed by atoms with Gasteiger partial charge < -0.3 is 15.8 Å². The maximum Gasteiger partial charge on any atom is 0.421 e. The van der Waals surface area contributed by atoms with Gasteiger partial charge in [-0.2, -0.15) is 12.7 Å². The highest BCUT2D eigenvalue weighted by molar-refractivity contribution is 7.87. The summed E-state index contributed by atoms with van der Waals surface area (Å²) in [7, 11) is -3.99. The number of carbonyl (C=O) groups excluding carboxylic acids is 2. The van der Waals surface area contributed by atoms with Gasteiger partial charge in [0.25, 0.3) is 0 Å². The standard InChI is InChI=1S/C11H22N4O5S/c1-2-20-11(17)14-21(18,19)15-7-3-4-9(8-15)10(16)13-6-5-12/h9H,2-8,12H2,1H3,(H,13,16)(H,14,17). The normalized spacial score (nSPS) is 19.8. The van der Waals surface area contributed by atoms with E-state index in [1.165, 1.54) is 0 Å². The summed E-state index contributed by atoms with van der Waals surface area (Å²) in [5.74, 6) is -0.666. The fourth-order valence-electron chi connectivity index (χ4n) is 2.04. The Morgan fingerprint density at radius 2 is 2.14 bits per heavy atom. The van der Waals surface area contributed by atoms with Crippen LogP contribution in [-0.2, 0) is 19.7 Å². The fourth-order valence-corrected chi connectivity index (χ4v) is 3.19. The summed E-state index contributed by atoms with van der Waals surface area (Å²) in [5, 5.41) is 2.64. The van der Waals surface area contributed by atoms with Crippen LogP contribution >= 0.6 is 0 Å². The van der Waals surface area contributed by atoms with Gasteiger partial charge in [0, 0.05) is 26.2 Å². The topological polar surface area (TPSA) is 131 Å². The number of carbonyl (C=O) groups is 2. The van der Waals surface area contributed by atoms with Gasteiger partial charge in [-0.3, -0.25) is 4.79 Å². The number of piperidine rings is 1. The quantitative estimate of drug-likeness (QED) is 0.561. The second-order valence-electron chi connectivity index (χ2n) is 4.60. The second-order valence-corrected chi connectivity index (χ2v) is 6.28. The third-order valence-electron chi connectivity index (χ3n) is 3.03. The van der Waals surface area contributed by atoms with Gasteiger partial charge in [0.2, 0.25) is 5.91 Å². The van der Waals surface area contributed by atoms with Gasteiger partial charge in [0.1, 0.15) is 0 Å². The zero-order valence-electron chi connectivity index (χ0n) is 12.0.